The van der Waals surface area contributed by atoms with Crippen molar-refractivity contribution in [3.8, 4) is 0 Å². The molecule has 5 rings (SSSR count). The van der Waals surface area contributed by atoms with Crippen molar-refractivity contribution in [2.75, 3.05) is 25.0 Å². The summed E-state index contributed by atoms with van der Waals surface area (Å²) < 4.78 is 17.5. The number of fused-ring (bicyclic) bond motifs is 1. The van der Waals surface area contributed by atoms with Crippen LogP contribution in [0.2, 0.25) is 0 Å². The Hall–Kier alpha value is -4.43. The lowest BCUT2D eigenvalue weighted by atomic mass is 9.86. The van der Waals surface area contributed by atoms with Crippen molar-refractivity contribution >= 4 is 28.8 Å². The second-order valence-electron chi connectivity index (χ2n) is 11.8. The highest BCUT2D eigenvalue weighted by molar-refractivity contribution is 5.83. The highest BCUT2D eigenvalue weighted by Gasteiger charge is 2.35. The van der Waals surface area contributed by atoms with E-state index in [1.165, 1.54) is 10.8 Å². The average molecular weight is 582 g/mol. The smallest absolute Gasteiger partial charge is 0.412 e. The summed E-state index contributed by atoms with van der Waals surface area (Å²) in [5.74, 6) is 0.570. The second-order valence-corrected chi connectivity index (χ2v) is 11.8. The normalized spacial score (nSPS) is 17.0. The van der Waals surface area contributed by atoms with Crippen molar-refractivity contribution < 1.29 is 23.8 Å². The van der Waals surface area contributed by atoms with Crippen LogP contribution in [-0.4, -0.2) is 53.5 Å². The molecule has 1 saturated heterocycles. The molecule has 8 nitrogen and oxygen atoms in total. The first kappa shape index (κ1) is 30.0. The van der Waals surface area contributed by atoms with Gasteiger partial charge in [-0.1, -0.05) is 66.7 Å². The van der Waals surface area contributed by atoms with Crippen LogP contribution in [0.1, 0.15) is 49.8 Å². The number of hydrogen-bond acceptors (Lipinski definition) is 6. The number of rotatable bonds is 8. The molecule has 2 atom stereocenters. The molecule has 0 bridgehead atoms. The maximum atomic E-state index is 12.9. The molecule has 3 aromatic carbocycles. The SMILES string of the molecule is CC(C)(C)OC(=O)N1CCC(c2ccc(CCOC(=O)Nc3ccccn3)cc2)C(OCc2ccc3ccccc3c2)C1. The van der Waals surface area contributed by atoms with Crippen LogP contribution in [0.5, 0.6) is 0 Å². The molecule has 1 N–H and O–H groups in total. The summed E-state index contributed by atoms with van der Waals surface area (Å²) in [5.41, 5.74) is 2.75. The first-order valence-corrected chi connectivity index (χ1v) is 14.7. The number of piperidine rings is 1. The number of ether oxygens (including phenoxy) is 3. The van der Waals surface area contributed by atoms with E-state index < -0.39 is 11.7 Å². The Morgan fingerprint density at radius 1 is 0.930 bits per heavy atom. The Morgan fingerprint density at radius 2 is 1.67 bits per heavy atom. The third kappa shape index (κ3) is 8.55. The van der Waals surface area contributed by atoms with Crippen molar-refractivity contribution in [3.05, 3.63) is 108 Å². The van der Waals surface area contributed by atoms with Gasteiger partial charge in [-0.15, -0.1) is 0 Å². The third-order valence-corrected chi connectivity index (χ3v) is 7.42. The molecule has 2 unspecified atom stereocenters. The molecule has 1 fully saturated rings. The number of hydrogen-bond donors (Lipinski definition) is 1. The highest BCUT2D eigenvalue weighted by atomic mass is 16.6. The van der Waals surface area contributed by atoms with Crippen molar-refractivity contribution in [1.29, 1.82) is 0 Å². The lowest BCUT2D eigenvalue weighted by Gasteiger charge is -2.39. The van der Waals surface area contributed by atoms with Crippen molar-refractivity contribution in [2.45, 2.75) is 57.8 Å². The monoisotopic (exact) mass is 581 g/mol. The minimum absolute atomic E-state index is 0.119. The number of nitrogens with zero attached hydrogens (tertiary/aromatic N) is 2. The van der Waals surface area contributed by atoms with Crippen LogP contribution in [0.3, 0.4) is 0 Å². The third-order valence-electron chi connectivity index (χ3n) is 7.42. The Morgan fingerprint density at radius 3 is 2.42 bits per heavy atom. The summed E-state index contributed by atoms with van der Waals surface area (Å²) in [6, 6.07) is 28.3. The Kier molecular flexibility index (Phi) is 9.57. The van der Waals surface area contributed by atoms with Gasteiger partial charge in [-0.3, -0.25) is 5.32 Å². The number of amides is 2. The van der Waals surface area contributed by atoms with E-state index in [2.05, 4.69) is 64.9 Å². The number of aromatic nitrogens is 1. The fourth-order valence-electron chi connectivity index (χ4n) is 5.26. The second kappa shape index (κ2) is 13.7. The van der Waals surface area contributed by atoms with E-state index in [9.17, 15) is 9.59 Å². The van der Waals surface area contributed by atoms with E-state index in [-0.39, 0.29) is 24.7 Å². The summed E-state index contributed by atoms with van der Waals surface area (Å²) in [6.45, 7) is 7.39. The van der Waals surface area contributed by atoms with E-state index in [0.29, 0.717) is 31.9 Å². The number of carbonyl (C=O) groups excluding carboxylic acids is 2. The van der Waals surface area contributed by atoms with Gasteiger partial charge >= 0.3 is 12.2 Å². The number of anilines is 1. The lowest BCUT2D eigenvalue weighted by molar-refractivity contribution is -0.0359. The van der Waals surface area contributed by atoms with Crippen LogP contribution < -0.4 is 5.32 Å². The molecule has 8 heteroatoms. The maximum absolute atomic E-state index is 12.9. The standard InChI is InChI=1S/C35H39N3O5/c1-35(2,3)43-34(40)38-20-17-30(31(23-38)42-24-26-13-14-27-8-4-5-9-29(27)22-26)28-15-11-25(12-16-28)18-21-41-33(39)37-32-10-6-7-19-36-32/h4-16,19,22,30-31H,17-18,20-21,23-24H2,1-3H3,(H,36,37,39). The van der Waals surface area contributed by atoms with Crippen LogP contribution >= 0.6 is 0 Å². The molecule has 2 heterocycles. The topological polar surface area (TPSA) is 90.0 Å². The van der Waals surface area contributed by atoms with Crippen molar-refractivity contribution in [3.63, 3.8) is 0 Å². The predicted octanol–water partition coefficient (Wildman–Crippen LogP) is 7.34. The molecule has 1 aliphatic heterocycles. The Labute approximate surface area is 253 Å². The molecule has 4 aromatic rings. The summed E-state index contributed by atoms with van der Waals surface area (Å²) in [6.07, 6.45) is 1.92. The molecule has 0 spiro atoms. The number of likely N-dealkylation sites (tertiary alicyclic amines) is 1. The van der Waals surface area contributed by atoms with E-state index in [0.717, 1.165) is 23.1 Å². The van der Waals surface area contributed by atoms with E-state index in [1.807, 2.05) is 32.9 Å². The number of pyridine rings is 1. The first-order valence-electron chi connectivity index (χ1n) is 14.7. The fraction of sp³-hybridized carbons (Fsp3) is 0.343. The summed E-state index contributed by atoms with van der Waals surface area (Å²) >= 11 is 0. The van der Waals surface area contributed by atoms with Crippen LogP contribution in [0, 0.1) is 0 Å². The van der Waals surface area contributed by atoms with Crippen LogP contribution in [0.15, 0.2) is 91.1 Å². The molecule has 0 radical (unpaired) electrons. The molecule has 0 saturated carbocycles. The van der Waals surface area contributed by atoms with Gasteiger partial charge in [0.05, 0.1) is 25.9 Å². The lowest BCUT2D eigenvalue weighted by Crippen LogP contribution is -2.48. The van der Waals surface area contributed by atoms with E-state index in [4.69, 9.17) is 14.2 Å². The van der Waals surface area contributed by atoms with Gasteiger partial charge in [-0.2, -0.15) is 0 Å². The van der Waals surface area contributed by atoms with E-state index in [1.54, 1.807) is 29.3 Å². The van der Waals surface area contributed by atoms with Crippen molar-refractivity contribution in [1.82, 2.24) is 9.88 Å². The van der Waals surface area contributed by atoms with E-state index >= 15 is 0 Å². The molecule has 1 aliphatic rings. The molecule has 43 heavy (non-hydrogen) atoms. The van der Waals surface area contributed by atoms with Gasteiger partial charge in [0, 0.05) is 25.1 Å². The zero-order valence-corrected chi connectivity index (χ0v) is 25.0. The summed E-state index contributed by atoms with van der Waals surface area (Å²) in [4.78, 5) is 30.8. The summed E-state index contributed by atoms with van der Waals surface area (Å²) in [5, 5.41) is 4.98. The summed E-state index contributed by atoms with van der Waals surface area (Å²) in [7, 11) is 0. The molecular weight excluding hydrogens is 542 g/mol. The van der Waals surface area contributed by atoms with Gasteiger partial charge in [0.25, 0.3) is 0 Å². The van der Waals surface area contributed by atoms with Gasteiger partial charge in [0.2, 0.25) is 0 Å². The maximum Gasteiger partial charge on any atom is 0.412 e. The minimum Gasteiger partial charge on any atom is -0.449 e. The zero-order chi connectivity index (χ0) is 30.2. The number of nitrogens with one attached hydrogen (secondary N) is 1. The average Bonchev–Trinajstić information content (AvgIpc) is 3.00. The number of benzene rings is 3. The fourth-order valence-corrected chi connectivity index (χ4v) is 5.26. The van der Waals surface area contributed by atoms with Crippen LogP contribution in [0.25, 0.3) is 10.8 Å². The van der Waals surface area contributed by atoms with Gasteiger partial charge < -0.3 is 19.1 Å². The first-order chi connectivity index (χ1) is 20.7. The number of carbonyl (C=O) groups is 2. The molecular formula is C35H39N3O5. The largest absolute Gasteiger partial charge is 0.449 e. The molecule has 2 amide bonds. The highest BCUT2D eigenvalue weighted by Crippen LogP contribution is 2.32. The van der Waals surface area contributed by atoms with Gasteiger partial charge in [0.1, 0.15) is 11.4 Å². The van der Waals surface area contributed by atoms with Gasteiger partial charge in [0.15, 0.2) is 0 Å². The Bertz CT molecular complexity index is 1520. The van der Waals surface area contributed by atoms with Crippen LogP contribution in [0.4, 0.5) is 15.4 Å². The quantitative estimate of drug-likeness (QED) is 0.234. The molecule has 0 aliphatic carbocycles. The Balaban J connectivity index is 1.22. The van der Waals surface area contributed by atoms with Gasteiger partial charge in [-0.25, -0.2) is 14.6 Å². The zero-order valence-electron chi connectivity index (χ0n) is 25.0. The minimum atomic E-state index is -0.561. The van der Waals surface area contributed by atoms with Crippen LogP contribution in [-0.2, 0) is 27.2 Å². The van der Waals surface area contributed by atoms with Gasteiger partial charge in [-0.05, 0) is 72.9 Å². The molecule has 1 aromatic heterocycles. The molecule has 224 valence electrons. The predicted molar refractivity (Wildman–Crippen MR) is 167 cm³/mol. The van der Waals surface area contributed by atoms with Crippen molar-refractivity contribution in [2.24, 2.45) is 0 Å².